The molecule has 4 heteroatoms. The molecular formula is C15H20FNO2. The van der Waals surface area contributed by atoms with Crippen molar-refractivity contribution >= 4 is 0 Å². The summed E-state index contributed by atoms with van der Waals surface area (Å²) in [6.07, 6.45) is 1.78. The molecule has 3 atom stereocenters. The molecule has 3 unspecified atom stereocenters. The van der Waals surface area contributed by atoms with Crippen molar-refractivity contribution in [3.63, 3.8) is 0 Å². The van der Waals surface area contributed by atoms with Gasteiger partial charge in [0.15, 0.2) is 11.6 Å². The van der Waals surface area contributed by atoms with Gasteiger partial charge in [-0.1, -0.05) is 19.1 Å². The quantitative estimate of drug-likeness (QED) is 0.846. The fourth-order valence-electron chi connectivity index (χ4n) is 3.30. The third-order valence-electron chi connectivity index (χ3n) is 4.16. The highest BCUT2D eigenvalue weighted by Gasteiger charge is 2.36. The van der Waals surface area contributed by atoms with Crippen molar-refractivity contribution in [2.45, 2.75) is 31.9 Å². The van der Waals surface area contributed by atoms with Gasteiger partial charge in [0.1, 0.15) is 12.7 Å². The first-order valence-electron chi connectivity index (χ1n) is 7.00. The Morgan fingerprint density at radius 3 is 3.05 bits per heavy atom. The molecule has 3 nitrogen and oxygen atoms in total. The molecule has 2 aliphatic rings. The molecule has 1 N–H and O–H groups in total. The molecule has 2 heterocycles. The van der Waals surface area contributed by atoms with Gasteiger partial charge in [0.25, 0.3) is 0 Å². The van der Waals surface area contributed by atoms with Crippen molar-refractivity contribution in [2.75, 3.05) is 19.7 Å². The minimum Gasteiger partial charge on any atom is -0.487 e. The Bertz CT molecular complexity index is 465. The minimum absolute atomic E-state index is 0.137. The average Bonchev–Trinajstić information content (AvgIpc) is 2.38. The van der Waals surface area contributed by atoms with Gasteiger partial charge in [-0.25, -0.2) is 4.39 Å². The van der Waals surface area contributed by atoms with E-state index in [1.54, 1.807) is 6.07 Å². The number of rotatable bonds is 1. The van der Waals surface area contributed by atoms with E-state index in [4.69, 9.17) is 4.74 Å². The van der Waals surface area contributed by atoms with Crippen LogP contribution in [0.15, 0.2) is 18.2 Å². The second kappa shape index (κ2) is 5.10. The van der Waals surface area contributed by atoms with Gasteiger partial charge in [-0.3, -0.25) is 4.90 Å². The van der Waals surface area contributed by atoms with E-state index in [0.29, 0.717) is 11.7 Å². The molecule has 1 aromatic carbocycles. The van der Waals surface area contributed by atoms with Crippen LogP contribution in [0.5, 0.6) is 5.75 Å². The van der Waals surface area contributed by atoms with Crippen LogP contribution in [-0.4, -0.2) is 35.8 Å². The lowest BCUT2D eigenvalue weighted by atomic mass is 9.92. The highest BCUT2D eigenvalue weighted by Crippen LogP contribution is 2.39. The predicted molar refractivity (Wildman–Crippen MR) is 70.6 cm³/mol. The molecule has 0 saturated carbocycles. The van der Waals surface area contributed by atoms with Gasteiger partial charge < -0.3 is 9.84 Å². The second-order valence-corrected chi connectivity index (χ2v) is 5.72. The minimum atomic E-state index is -0.584. The number of para-hydroxylation sites is 1. The largest absolute Gasteiger partial charge is 0.487 e. The van der Waals surface area contributed by atoms with Gasteiger partial charge in [-0.15, -0.1) is 0 Å². The summed E-state index contributed by atoms with van der Waals surface area (Å²) in [5.74, 6) is 0.608. The third-order valence-corrected chi connectivity index (χ3v) is 4.16. The molecule has 104 valence electrons. The molecule has 2 aliphatic heterocycles. The van der Waals surface area contributed by atoms with Crippen LogP contribution in [0.25, 0.3) is 0 Å². The van der Waals surface area contributed by atoms with E-state index in [9.17, 15) is 9.50 Å². The topological polar surface area (TPSA) is 32.7 Å². The first-order valence-corrected chi connectivity index (χ1v) is 7.00. The van der Waals surface area contributed by atoms with Crippen LogP contribution in [0.4, 0.5) is 4.39 Å². The normalized spacial score (nSPS) is 31.6. The van der Waals surface area contributed by atoms with Gasteiger partial charge in [-0.05, 0) is 31.4 Å². The van der Waals surface area contributed by atoms with Crippen molar-refractivity contribution in [3.8, 4) is 5.75 Å². The Morgan fingerprint density at radius 2 is 2.26 bits per heavy atom. The van der Waals surface area contributed by atoms with Crippen molar-refractivity contribution in [1.29, 1.82) is 0 Å². The number of halogens is 1. The Labute approximate surface area is 113 Å². The number of fused-ring (bicyclic) bond motifs is 1. The second-order valence-electron chi connectivity index (χ2n) is 5.72. The highest BCUT2D eigenvalue weighted by molar-refractivity contribution is 5.40. The molecule has 0 aromatic heterocycles. The van der Waals surface area contributed by atoms with Gasteiger partial charge in [0.2, 0.25) is 0 Å². The lowest BCUT2D eigenvalue weighted by Gasteiger charge is -2.42. The number of piperidine rings is 1. The molecule has 1 aromatic rings. The fraction of sp³-hybridized carbons (Fsp3) is 0.600. The van der Waals surface area contributed by atoms with Crippen molar-refractivity contribution in [2.24, 2.45) is 5.92 Å². The van der Waals surface area contributed by atoms with Crippen molar-refractivity contribution in [1.82, 2.24) is 4.90 Å². The summed E-state index contributed by atoms with van der Waals surface area (Å²) in [6.45, 7) is 4.31. The predicted octanol–water partition coefficient (Wildman–Crippen LogP) is 2.35. The van der Waals surface area contributed by atoms with Crippen molar-refractivity contribution in [3.05, 3.63) is 29.6 Å². The molecular weight excluding hydrogens is 245 g/mol. The summed E-state index contributed by atoms with van der Waals surface area (Å²) in [6, 6.07) is 4.83. The summed E-state index contributed by atoms with van der Waals surface area (Å²) in [4.78, 5) is 2.28. The average molecular weight is 265 g/mol. The molecule has 1 fully saturated rings. The maximum Gasteiger partial charge on any atom is 0.165 e. The number of nitrogens with zero attached hydrogens (tertiary/aromatic N) is 1. The standard InChI is InChI=1S/C15H20FNO2/c1-10-4-3-7-17(8-10)14-11-5-2-6-12(16)15(11)19-9-13(14)18/h2,5-6,10,13-14,18H,3-4,7-9H2,1H3. The SMILES string of the molecule is CC1CCCN(C2c3cccc(F)c3OCC2O)C1. The lowest BCUT2D eigenvalue weighted by Crippen LogP contribution is -2.46. The van der Waals surface area contributed by atoms with E-state index in [1.165, 1.54) is 12.5 Å². The monoisotopic (exact) mass is 265 g/mol. The van der Waals surface area contributed by atoms with Gasteiger partial charge >= 0.3 is 0 Å². The van der Waals surface area contributed by atoms with E-state index in [2.05, 4.69) is 11.8 Å². The van der Waals surface area contributed by atoms with Gasteiger partial charge in [0.05, 0.1) is 6.04 Å². The van der Waals surface area contributed by atoms with E-state index in [0.717, 1.165) is 25.1 Å². The first kappa shape index (κ1) is 12.9. The lowest BCUT2D eigenvalue weighted by molar-refractivity contribution is -0.0154. The van der Waals surface area contributed by atoms with Crippen LogP contribution in [0.3, 0.4) is 0 Å². The summed E-state index contributed by atoms with van der Waals surface area (Å²) < 4.78 is 19.2. The third kappa shape index (κ3) is 2.35. The number of likely N-dealkylation sites (tertiary alicyclic amines) is 1. The summed E-state index contributed by atoms with van der Waals surface area (Å²) in [7, 11) is 0. The zero-order valence-corrected chi connectivity index (χ0v) is 11.2. The molecule has 0 amide bonds. The summed E-state index contributed by atoms with van der Waals surface area (Å²) >= 11 is 0. The maximum atomic E-state index is 13.8. The van der Waals surface area contributed by atoms with Crippen LogP contribution in [0, 0.1) is 11.7 Å². The number of hydrogen-bond donors (Lipinski definition) is 1. The molecule has 0 radical (unpaired) electrons. The fourth-order valence-corrected chi connectivity index (χ4v) is 3.30. The number of ether oxygens (including phenoxy) is 1. The molecule has 3 rings (SSSR count). The number of aliphatic hydroxyl groups is 1. The van der Waals surface area contributed by atoms with Crippen LogP contribution < -0.4 is 4.74 Å². The zero-order valence-electron chi connectivity index (χ0n) is 11.2. The first-order chi connectivity index (χ1) is 9.16. The number of benzene rings is 1. The Morgan fingerprint density at radius 1 is 1.42 bits per heavy atom. The summed E-state index contributed by atoms with van der Waals surface area (Å²) in [5.41, 5.74) is 0.785. The molecule has 1 saturated heterocycles. The highest BCUT2D eigenvalue weighted by atomic mass is 19.1. The van der Waals surface area contributed by atoms with E-state index in [1.807, 2.05) is 6.07 Å². The van der Waals surface area contributed by atoms with Crippen LogP contribution in [0.1, 0.15) is 31.4 Å². The number of hydrogen-bond acceptors (Lipinski definition) is 3. The van der Waals surface area contributed by atoms with E-state index in [-0.39, 0.29) is 18.5 Å². The Kier molecular flexibility index (Phi) is 3.46. The number of aliphatic hydroxyl groups excluding tert-OH is 1. The molecule has 19 heavy (non-hydrogen) atoms. The van der Waals surface area contributed by atoms with Crippen LogP contribution >= 0.6 is 0 Å². The maximum absolute atomic E-state index is 13.8. The van der Waals surface area contributed by atoms with Crippen LogP contribution in [0.2, 0.25) is 0 Å². The Balaban J connectivity index is 1.94. The van der Waals surface area contributed by atoms with E-state index < -0.39 is 6.10 Å². The smallest absolute Gasteiger partial charge is 0.165 e. The van der Waals surface area contributed by atoms with Crippen LogP contribution in [-0.2, 0) is 0 Å². The molecule has 0 spiro atoms. The zero-order chi connectivity index (χ0) is 13.4. The summed E-state index contributed by atoms with van der Waals surface area (Å²) in [5, 5.41) is 10.3. The van der Waals surface area contributed by atoms with Gasteiger partial charge in [-0.2, -0.15) is 0 Å². The molecule has 0 bridgehead atoms. The molecule has 0 aliphatic carbocycles. The van der Waals surface area contributed by atoms with Crippen molar-refractivity contribution < 1.29 is 14.2 Å². The van der Waals surface area contributed by atoms with E-state index >= 15 is 0 Å². The Hall–Kier alpha value is -1.13. The van der Waals surface area contributed by atoms with Gasteiger partial charge in [0, 0.05) is 12.1 Å².